The van der Waals surface area contributed by atoms with Gasteiger partial charge in [-0.05, 0) is 18.3 Å². The molecule has 112 valence electrons. The molecule has 0 bridgehead atoms. The Labute approximate surface area is 115 Å². The lowest BCUT2D eigenvalue weighted by Gasteiger charge is -2.44. The van der Waals surface area contributed by atoms with Crippen molar-refractivity contribution in [3.8, 4) is 0 Å². The molecule has 1 aliphatic rings. The summed E-state index contributed by atoms with van der Waals surface area (Å²) in [5.41, 5.74) is -0.551. The molecule has 1 atom stereocenters. The first-order valence-electron chi connectivity index (χ1n) is 6.68. The van der Waals surface area contributed by atoms with Gasteiger partial charge in [-0.2, -0.15) is 17.0 Å². The highest BCUT2D eigenvalue weighted by Crippen LogP contribution is 2.37. The third-order valence-corrected chi connectivity index (χ3v) is 5.94. The van der Waals surface area contributed by atoms with Crippen molar-refractivity contribution < 1.29 is 18.3 Å². The molecule has 0 aliphatic carbocycles. The Morgan fingerprint density at radius 2 is 1.89 bits per heavy atom. The van der Waals surface area contributed by atoms with Crippen LogP contribution < -0.4 is 0 Å². The summed E-state index contributed by atoms with van der Waals surface area (Å²) in [5, 5.41) is 9.41. The summed E-state index contributed by atoms with van der Waals surface area (Å²) < 4.78 is 27.5. The van der Waals surface area contributed by atoms with E-state index >= 15 is 0 Å². The van der Waals surface area contributed by atoms with Crippen LogP contribution in [0.25, 0.3) is 0 Å². The zero-order valence-corrected chi connectivity index (χ0v) is 12.9. The molecular formula is C12H24N2O4S. The number of carboxylic acid groups (broad SMARTS) is 1. The zero-order chi connectivity index (χ0) is 14.8. The van der Waals surface area contributed by atoms with E-state index in [2.05, 4.69) is 0 Å². The fourth-order valence-electron chi connectivity index (χ4n) is 2.75. The molecule has 0 aromatic carbocycles. The number of hydrogen-bond donors (Lipinski definition) is 1. The van der Waals surface area contributed by atoms with Crippen LogP contribution in [-0.2, 0) is 15.0 Å². The number of piperidine rings is 1. The first kappa shape index (κ1) is 16.4. The van der Waals surface area contributed by atoms with Crippen LogP contribution in [0, 0.1) is 5.41 Å². The van der Waals surface area contributed by atoms with Crippen molar-refractivity contribution in [1.29, 1.82) is 0 Å². The molecule has 1 heterocycles. The molecule has 1 rings (SSSR count). The van der Waals surface area contributed by atoms with E-state index in [4.69, 9.17) is 0 Å². The van der Waals surface area contributed by atoms with Gasteiger partial charge in [-0.25, -0.2) is 0 Å². The summed E-state index contributed by atoms with van der Waals surface area (Å²) in [6.45, 7) is 8.12. The minimum atomic E-state index is -3.70. The average Bonchev–Trinajstić information content (AvgIpc) is 2.27. The van der Waals surface area contributed by atoms with Crippen molar-refractivity contribution in [2.75, 3.05) is 19.6 Å². The van der Waals surface area contributed by atoms with Crippen LogP contribution in [0.2, 0.25) is 0 Å². The lowest BCUT2D eigenvalue weighted by atomic mass is 9.77. The minimum absolute atomic E-state index is 0.277. The maximum atomic E-state index is 12.5. The maximum Gasteiger partial charge on any atom is 0.322 e. The molecule has 0 spiro atoms. The molecule has 1 aliphatic heterocycles. The second-order valence-corrected chi connectivity index (χ2v) is 7.42. The number of hydrogen-bond acceptors (Lipinski definition) is 3. The zero-order valence-electron chi connectivity index (χ0n) is 12.1. The van der Waals surface area contributed by atoms with E-state index in [-0.39, 0.29) is 6.54 Å². The molecule has 6 nitrogen and oxygen atoms in total. The van der Waals surface area contributed by atoms with Gasteiger partial charge >= 0.3 is 5.97 Å². The van der Waals surface area contributed by atoms with E-state index in [1.807, 2.05) is 13.8 Å². The molecule has 1 saturated heterocycles. The van der Waals surface area contributed by atoms with Gasteiger partial charge < -0.3 is 5.11 Å². The second kappa shape index (κ2) is 5.76. The molecule has 0 amide bonds. The molecular weight excluding hydrogens is 268 g/mol. The predicted octanol–water partition coefficient (Wildman–Crippen LogP) is 1.15. The summed E-state index contributed by atoms with van der Waals surface area (Å²) in [5.74, 6) is -1.07. The SMILES string of the molecule is CCN(CC)S(=O)(=O)N1CCCC(C)(C)C1C(=O)O. The summed E-state index contributed by atoms with van der Waals surface area (Å²) in [6.07, 6.45) is 1.41. The summed E-state index contributed by atoms with van der Waals surface area (Å²) in [7, 11) is -3.70. The fraction of sp³-hybridized carbons (Fsp3) is 0.917. The van der Waals surface area contributed by atoms with Gasteiger partial charge in [-0.15, -0.1) is 0 Å². The van der Waals surface area contributed by atoms with E-state index in [0.29, 0.717) is 25.9 Å². The van der Waals surface area contributed by atoms with Crippen molar-refractivity contribution in [3.63, 3.8) is 0 Å². The van der Waals surface area contributed by atoms with Crippen LogP contribution in [0.1, 0.15) is 40.5 Å². The number of carbonyl (C=O) groups is 1. The third-order valence-electron chi connectivity index (χ3n) is 3.79. The molecule has 1 unspecified atom stereocenters. The van der Waals surface area contributed by atoms with Crippen molar-refractivity contribution in [1.82, 2.24) is 8.61 Å². The number of rotatable bonds is 5. The van der Waals surface area contributed by atoms with Gasteiger partial charge in [0.1, 0.15) is 6.04 Å². The first-order chi connectivity index (χ1) is 8.68. The van der Waals surface area contributed by atoms with Crippen LogP contribution in [0.15, 0.2) is 0 Å². The fourth-order valence-corrected chi connectivity index (χ4v) is 4.70. The lowest BCUT2D eigenvalue weighted by molar-refractivity contribution is -0.147. The van der Waals surface area contributed by atoms with E-state index in [1.165, 1.54) is 4.31 Å². The van der Waals surface area contributed by atoms with E-state index < -0.39 is 27.6 Å². The quantitative estimate of drug-likeness (QED) is 0.824. The lowest BCUT2D eigenvalue weighted by Crippen LogP contribution is -2.59. The van der Waals surface area contributed by atoms with Gasteiger partial charge in [0, 0.05) is 19.6 Å². The van der Waals surface area contributed by atoms with Crippen LogP contribution in [0.5, 0.6) is 0 Å². The van der Waals surface area contributed by atoms with Gasteiger partial charge in [0.05, 0.1) is 0 Å². The molecule has 1 fully saturated rings. The Morgan fingerprint density at radius 3 is 2.32 bits per heavy atom. The molecule has 0 radical (unpaired) electrons. The highest BCUT2D eigenvalue weighted by atomic mass is 32.2. The van der Waals surface area contributed by atoms with Crippen molar-refractivity contribution in [2.45, 2.75) is 46.6 Å². The second-order valence-electron chi connectivity index (χ2n) is 5.54. The van der Waals surface area contributed by atoms with Gasteiger partial charge in [0.2, 0.25) is 0 Å². The molecule has 0 aromatic heterocycles. The molecule has 19 heavy (non-hydrogen) atoms. The van der Waals surface area contributed by atoms with E-state index in [9.17, 15) is 18.3 Å². The normalized spacial score (nSPS) is 24.6. The van der Waals surface area contributed by atoms with Gasteiger partial charge in [0.15, 0.2) is 0 Å². The van der Waals surface area contributed by atoms with Crippen LogP contribution >= 0.6 is 0 Å². The topological polar surface area (TPSA) is 77.9 Å². The summed E-state index contributed by atoms with van der Waals surface area (Å²) in [6, 6.07) is -0.994. The number of nitrogens with zero attached hydrogens (tertiary/aromatic N) is 2. The Bertz CT molecular complexity index is 429. The predicted molar refractivity (Wildman–Crippen MR) is 73.0 cm³/mol. The third kappa shape index (κ3) is 3.09. The van der Waals surface area contributed by atoms with Gasteiger partial charge in [-0.3, -0.25) is 4.79 Å². The summed E-state index contributed by atoms with van der Waals surface area (Å²) in [4.78, 5) is 11.5. The summed E-state index contributed by atoms with van der Waals surface area (Å²) >= 11 is 0. The Hall–Kier alpha value is -0.660. The van der Waals surface area contributed by atoms with Crippen LogP contribution in [-0.4, -0.2) is 53.8 Å². The molecule has 7 heteroatoms. The smallest absolute Gasteiger partial charge is 0.322 e. The number of carboxylic acids is 1. The van der Waals surface area contributed by atoms with Crippen molar-refractivity contribution in [2.24, 2.45) is 5.41 Å². The monoisotopic (exact) mass is 292 g/mol. The first-order valence-corrected chi connectivity index (χ1v) is 8.08. The average molecular weight is 292 g/mol. The Balaban J connectivity index is 3.19. The standard InChI is InChI=1S/C12H24N2O4S/c1-5-13(6-2)19(17,18)14-9-7-8-12(3,4)10(14)11(15)16/h10H,5-9H2,1-4H3,(H,15,16). The van der Waals surface area contributed by atoms with Crippen LogP contribution in [0.3, 0.4) is 0 Å². The minimum Gasteiger partial charge on any atom is -0.480 e. The Morgan fingerprint density at radius 1 is 1.37 bits per heavy atom. The van der Waals surface area contributed by atoms with E-state index in [1.54, 1.807) is 13.8 Å². The molecule has 0 aromatic rings. The highest BCUT2D eigenvalue weighted by Gasteiger charge is 2.48. The Kier molecular flexibility index (Phi) is 4.97. The van der Waals surface area contributed by atoms with E-state index in [0.717, 1.165) is 4.31 Å². The largest absolute Gasteiger partial charge is 0.480 e. The van der Waals surface area contributed by atoms with Gasteiger partial charge in [-0.1, -0.05) is 27.7 Å². The maximum absolute atomic E-state index is 12.5. The number of aliphatic carboxylic acids is 1. The highest BCUT2D eigenvalue weighted by molar-refractivity contribution is 7.86. The molecule has 0 saturated carbocycles. The van der Waals surface area contributed by atoms with Crippen LogP contribution in [0.4, 0.5) is 0 Å². The molecule has 1 N–H and O–H groups in total. The van der Waals surface area contributed by atoms with Crippen molar-refractivity contribution >= 4 is 16.2 Å². The van der Waals surface area contributed by atoms with Gasteiger partial charge in [0.25, 0.3) is 10.2 Å². The van der Waals surface area contributed by atoms with Crippen molar-refractivity contribution in [3.05, 3.63) is 0 Å².